The minimum Gasteiger partial charge on any atom is -0.508 e. The lowest BCUT2D eigenvalue weighted by Gasteiger charge is -2.08. The Bertz CT molecular complexity index is 323. The van der Waals surface area contributed by atoms with Gasteiger partial charge in [0.15, 0.2) is 0 Å². The van der Waals surface area contributed by atoms with E-state index in [1.165, 1.54) is 26.2 Å². The Morgan fingerprint density at radius 1 is 1.54 bits per heavy atom. The van der Waals surface area contributed by atoms with E-state index in [-0.39, 0.29) is 11.7 Å². The fourth-order valence-corrected chi connectivity index (χ4v) is 0.983. The smallest absolute Gasteiger partial charge is 0.221 e. The molecule has 0 aromatic heterocycles. The predicted molar refractivity (Wildman–Crippen MR) is 49.0 cm³/mol. The van der Waals surface area contributed by atoms with Gasteiger partial charge in [-0.15, -0.1) is 0 Å². The van der Waals surface area contributed by atoms with Crippen LogP contribution in [-0.2, 0) is 4.79 Å². The number of rotatable bonds is 2. The molecule has 0 fully saturated rings. The number of phenolic OH excluding ortho intramolecular Hbond substituents is 1. The highest BCUT2D eigenvalue weighted by Gasteiger charge is 2.04. The Morgan fingerprint density at radius 3 is 2.77 bits per heavy atom. The van der Waals surface area contributed by atoms with Crippen molar-refractivity contribution < 1.29 is 14.6 Å². The maximum absolute atomic E-state index is 10.7. The normalized spacial score (nSPS) is 9.38. The fraction of sp³-hybridized carbons (Fsp3) is 0.222. The number of phenols is 1. The molecule has 1 rings (SSSR count). The maximum atomic E-state index is 10.7. The second kappa shape index (κ2) is 3.80. The number of methoxy groups -OCH3 is 1. The van der Waals surface area contributed by atoms with Gasteiger partial charge in [-0.3, -0.25) is 4.79 Å². The molecule has 70 valence electrons. The average Bonchev–Trinajstić information content (AvgIpc) is 2.03. The van der Waals surface area contributed by atoms with Crippen molar-refractivity contribution in [3.05, 3.63) is 18.2 Å². The lowest BCUT2D eigenvalue weighted by molar-refractivity contribution is -0.114. The van der Waals surface area contributed by atoms with E-state index in [2.05, 4.69) is 5.32 Å². The number of benzene rings is 1. The standard InChI is InChI=1S/C9H11NO3/c1-6(11)10-8-5-7(12)3-4-9(8)13-2/h3-5,12H,1-2H3,(H,10,11). The highest BCUT2D eigenvalue weighted by molar-refractivity contribution is 5.90. The first-order chi connectivity index (χ1) is 6.13. The molecule has 1 aromatic rings. The first-order valence-corrected chi connectivity index (χ1v) is 3.78. The maximum Gasteiger partial charge on any atom is 0.221 e. The number of nitrogens with one attached hydrogen (secondary N) is 1. The van der Waals surface area contributed by atoms with Crippen LogP contribution in [0.25, 0.3) is 0 Å². The van der Waals surface area contributed by atoms with Crippen LogP contribution < -0.4 is 10.1 Å². The third-order valence-electron chi connectivity index (χ3n) is 1.49. The van der Waals surface area contributed by atoms with Crippen molar-refractivity contribution in [1.82, 2.24) is 0 Å². The molecule has 0 aliphatic carbocycles. The van der Waals surface area contributed by atoms with Crippen LogP contribution in [0.1, 0.15) is 6.92 Å². The van der Waals surface area contributed by atoms with Crippen molar-refractivity contribution in [2.75, 3.05) is 12.4 Å². The molecule has 1 aromatic carbocycles. The Balaban J connectivity index is 3.01. The Kier molecular flexibility index (Phi) is 2.74. The van der Waals surface area contributed by atoms with E-state index < -0.39 is 0 Å². The lowest BCUT2D eigenvalue weighted by Crippen LogP contribution is -2.06. The van der Waals surface area contributed by atoms with E-state index in [9.17, 15) is 4.79 Å². The van der Waals surface area contributed by atoms with E-state index in [0.717, 1.165) is 0 Å². The molecular formula is C9H11NO3. The highest BCUT2D eigenvalue weighted by atomic mass is 16.5. The van der Waals surface area contributed by atoms with Gasteiger partial charge in [-0.1, -0.05) is 0 Å². The van der Waals surface area contributed by atoms with Crippen LogP contribution >= 0.6 is 0 Å². The van der Waals surface area contributed by atoms with E-state index in [4.69, 9.17) is 9.84 Å². The number of carbonyl (C=O) groups is 1. The molecular weight excluding hydrogens is 170 g/mol. The summed E-state index contributed by atoms with van der Waals surface area (Å²) in [4.78, 5) is 10.7. The largest absolute Gasteiger partial charge is 0.508 e. The molecule has 0 heterocycles. The number of hydrogen-bond acceptors (Lipinski definition) is 3. The fourth-order valence-electron chi connectivity index (χ4n) is 0.983. The Labute approximate surface area is 76.1 Å². The number of aromatic hydroxyl groups is 1. The van der Waals surface area contributed by atoms with Crippen LogP contribution in [0.5, 0.6) is 11.5 Å². The van der Waals surface area contributed by atoms with Crippen LogP contribution in [0.15, 0.2) is 18.2 Å². The molecule has 0 atom stereocenters. The van der Waals surface area contributed by atoms with Gasteiger partial charge in [0.25, 0.3) is 0 Å². The minimum atomic E-state index is -0.205. The van der Waals surface area contributed by atoms with Crippen molar-refractivity contribution in [3.63, 3.8) is 0 Å². The van der Waals surface area contributed by atoms with Gasteiger partial charge in [0.1, 0.15) is 11.5 Å². The predicted octanol–water partition coefficient (Wildman–Crippen LogP) is 1.36. The zero-order valence-corrected chi connectivity index (χ0v) is 7.50. The monoisotopic (exact) mass is 181 g/mol. The number of carbonyl (C=O) groups excluding carboxylic acids is 1. The summed E-state index contributed by atoms with van der Waals surface area (Å²) in [7, 11) is 1.50. The number of amides is 1. The van der Waals surface area contributed by atoms with Crippen LogP contribution in [0, 0.1) is 0 Å². The van der Waals surface area contributed by atoms with E-state index in [0.29, 0.717) is 11.4 Å². The van der Waals surface area contributed by atoms with E-state index in [1.807, 2.05) is 0 Å². The number of ether oxygens (including phenoxy) is 1. The zero-order chi connectivity index (χ0) is 9.84. The van der Waals surface area contributed by atoms with Gasteiger partial charge >= 0.3 is 0 Å². The molecule has 0 spiro atoms. The number of anilines is 1. The van der Waals surface area contributed by atoms with Gasteiger partial charge in [0.05, 0.1) is 12.8 Å². The molecule has 0 saturated carbocycles. The molecule has 13 heavy (non-hydrogen) atoms. The van der Waals surface area contributed by atoms with Gasteiger partial charge in [-0.2, -0.15) is 0 Å². The summed E-state index contributed by atoms with van der Waals surface area (Å²) in [6, 6.07) is 4.50. The first kappa shape index (κ1) is 9.38. The Hall–Kier alpha value is -1.71. The molecule has 4 heteroatoms. The molecule has 4 nitrogen and oxygen atoms in total. The van der Waals surface area contributed by atoms with Crippen LogP contribution in [0.2, 0.25) is 0 Å². The van der Waals surface area contributed by atoms with E-state index in [1.54, 1.807) is 6.07 Å². The third-order valence-corrected chi connectivity index (χ3v) is 1.49. The van der Waals surface area contributed by atoms with E-state index >= 15 is 0 Å². The molecule has 2 N–H and O–H groups in total. The third kappa shape index (κ3) is 2.37. The van der Waals surface area contributed by atoms with Gasteiger partial charge in [-0.05, 0) is 12.1 Å². The quantitative estimate of drug-likeness (QED) is 0.724. The van der Waals surface area contributed by atoms with Gasteiger partial charge in [0, 0.05) is 13.0 Å². The van der Waals surface area contributed by atoms with Crippen molar-refractivity contribution in [1.29, 1.82) is 0 Å². The summed E-state index contributed by atoms with van der Waals surface area (Å²) in [5.41, 5.74) is 0.468. The second-order valence-corrected chi connectivity index (χ2v) is 2.57. The van der Waals surface area contributed by atoms with Crippen molar-refractivity contribution in [3.8, 4) is 11.5 Å². The number of hydrogen-bond donors (Lipinski definition) is 2. The van der Waals surface area contributed by atoms with Crippen LogP contribution in [0.4, 0.5) is 5.69 Å². The molecule has 0 radical (unpaired) electrons. The average molecular weight is 181 g/mol. The molecule has 0 saturated heterocycles. The molecule has 0 aliphatic heterocycles. The van der Waals surface area contributed by atoms with Crippen LogP contribution in [-0.4, -0.2) is 18.1 Å². The topological polar surface area (TPSA) is 58.6 Å². The van der Waals surface area contributed by atoms with Gasteiger partial charge < -0.3 is 15.2 Å². The van der Waals surface area contributed by atoms with Gasteiger partial charge in [0.2, 0.25) is 5.91 Å². The zero-order valence-electron chi connectivity index (χ0n) is 7.50. The summed E-state index contributed by atoms with van der Waals surface area (Å²) in [6.07, 6.45) is 0. The van der Waals surface area contributed by atoms with Crippen LogP contribution in [0.3, 0.4) is 0 Å². The summed E-state index contributed by atoms with van der Waals surface area (Å²) in [5, 5.41) is 11.7. The summed E-state index contributed by atoms with van der Waals surface area (Å²) in [5.74, 6) is 0.404. The molecule has 1 amide bonds. The highest BCUT2D eigenvalue weighted by Crippen LogP contribution is 2.27. The SMILES string of the molecule is COc1ccc(O)cc1NC(C)=O. The lowest BCUT2D eigenvalue weighted by atomic mass is 10.2. The minimum absolute atomic E-state index is 0.0875. The molecule has 0 unspecified atom stereocenters. The summed E-state index contributed by atoms with van der Waals surface area (Å²) < 4.78 is 4.98. The Morgan fingerprint density at radius 2 is 2.23 bits per heavy atom. The second-order valence-electron chi connectivity index (χ2n) is 2.57. The molecule has 0 bridgehead atoms. The van der Waals surface area contributed by atoms with Crippen molar-refractivity contribution >= 4 is 11.6 Å². The van der Waals surface area contributed by atoms with Crippen molar-refractivity contribution in [2.24, 2.45) is 0 Å². The summed E-state index contributed by atoms with van der Waals surface area (Å²) in [6.45, 7) is 1.39. The van der Waals surface area contributed by atoms with Gasteiger partial charge in [-0.25, -0.2) is 0 Å². The summed E-state index contributed by atoms with van der Waals surface area (Å²) >= 11 is 0. The molecule has 0 aliphatic rings. The first-order valence-electron chi connectivity index (χ1n) is 3.78. The van der Waals surface area contributed by atoms with Crippen molar-refractivity contribution in [2.45, 2.75) is 6.92 Å².